The molecule has 1 unspecified atom stereocenters. The Hall–Kier alpha value is -1.64. The molecule has 2 rings (SSSR count). The lowest BCUT2D eigenvalue weighted by Gasteiger charge is -2.18. The van der Waals surface area contributed by atoms with E-state index in [9.17, 15) is 0 Å². The van der Waals surface area contributed by atoms with E-state index in [1.165, 1.54) is 11.1 Å². The molecule has 0 saturated carbocycles. The third kappa shape index (κ3) is 7.12. The van der Waals surface area contributed by atoms with E-state index in [2.05, 4.69) is 77.8 Å². The molecule has 0 bridgehead atoms. The molecule has 2 aromatic rings. The van der Waals surface area contributed by atoms with E-state index in [0.717, 1.165) is 30.6 Å². The highest BCUT2D eigenvalue weighted by Gasteiger charge is 2.09. The number of hydrogen-bond acceptors (Lipinski definition) is 3. The molecule has 150 valence electrons. The van der Waals surface area contributed by atoms with Crippen LogP contribution in [0.4, 0.5) is 0 Å². The second-order valence-corrected chi connectivity index (χ2v) is 7.12. The first-order chi connectivity index (χ1) is 12.4. The Labute approximate surface area is 180 Å². The quantitative estimate of drug-likeness (QED) is 0.357. The Balaban J connectivity index is 0.00000364. The Morgan fingerprint density at radius 1 is 1.15 bits per heavy atom. The minimum absolute atomic E-state index is 0. The Morgan fingerprint density at radius 2 is 1.81 bits per heavy atom. The van der Waals surface area contributed by atoms with Gasteiger partial charge in [0.15, 0.2) is 11.8 Å². The van der Waals surface area contributed by atoms with Gasteiger partial charge >= 0.3 is 0 Å². The summed E-state index contributed by atoms with van der Waals surface area (Å²) in [5.74, 6) is 3.20. The zero-order valence-corrected chi connectivity index (χ0v) is 19.6. The molecule has 7 heteroatoms. The van der Waals surface area contributed by atoms with Gasteiger partial charge < -0.3 is 15.2 Å². The van der Waals surface area contributed by atoms with Gasteiger partial charge in [0.1, 0.15) is 12.4 Å². The molecule has 1 aromatic heterocycles. The molecule has 2 N–H and O–H groups in total. The third-order valence-electron chi connectivity index (χ3n) is 4.38. The van der Waals surface area contributed by atoms with Crippen LogP contribution in [0.2, 0.25) is 0 Å². The number of halogens is 1. The fourth-order valence-corrected chi connectivity index (χ4v) is 2.76. The molecule has 0 aliphatic rings. The monoisotopic (exact) mass is 484 g/mol. The summed E-state index contributed by atoms with van der Waals surface area (Å²) in [4.78, 5) is 4.65. The Kier molecular flexibility index (Phi) is 9.76. The minimum atomic E-state index is 0. The zero-order chi connectivity index (χ0) is 19.1. The van der Waals surface area contributed by atoms with Gasteiger partial charge in [0.2, 0.25) is 0 Å². The predicted molar refractivity (Wildman–Crippen MR) is 123 cm³/mol. The SMILES string of the molecule is CCNC(=NCc1nnc(C)n1C)NC(C)c1ccc(CC(C)C)cc1.I. The first-order valence-electron chi connectivity index (χ1n) is 9.39. The van der Waals surface area contributed by atoms with Gasteiger partial charge in [-0.15, -0.1) is 34.2 Å². The summed E-state index contributed by atoms with van der Waals surface area (Å²) >= 11 is 0. The molecule has 0 radical (unpaired) electrons. The molecule has 0 aliphatic carbocycles. The van der Waals surface area contributed by atoms with E-state index >= 15 is 0 Å². The van der Waals surface area contributed by atoms with Crippen molar-refractivity contribution in [2.45, 2.75) is 53.6 Å². The summed E-state index contributed by atoms with van der Waals surface area (Å²) in [6.07, 6.45) is 1.11. The molecule has 0 fully saturated rings. The second kappa shape index (κ2) is 11.3. The summed E-state index contributed by atoms with van der Waals surface area (Å²) in [6, 6.07) is 9.01. The average molecular weight is 484 g/mol. The van der Waals surface area contributed by atoms with Crippen LogP contribution < -0.4 is 10.6 Å². The molecule has 1 heterocycles. The van der Waals surface area contributed by atoms with Crippen LogP contribution >= 0.6 is 24.0 Å². The lowest BCUT2D eigenvalue weighted by molar-refractivity contribution is 0.645. The van der Waals surface area contributed by atoms with Crippen LogP contribution in [-0.4, -0.2) is 27.3 Å². The van der Waals surface area contributed by atoms with E-state index in [4.69, 9.17) is 0 Å². The van der Waals surface area contributed by atoms with Gasteiger partial charge in [0.05, 0.1) is 6.04 Å². The van der Waals surface area contributed by atoms with Crippen molar-refractivity contribution in [3.63, 3.8) is 0 Å². The first kappa shape index (κ1) is 23.4. The van der Waals surface area contributed by atoms with Crippen LogP contribution in [0.1, 0.15) is 56.5 Å². The van der Waals surface area contributed by atoms with E-state index < -0.39 is 0 Å². The normalized spacial score (nSPS) is 12.6. The number of guanidine groups is 1. The Bertz CT molecular complexity index is 721. The fraction of sp³-hybridized carbons (Fsp3) is 0.550. The number of aryl methyl sites for hydroxylation is 1. The Morgan fingerprint density at radius 3 is 2.33 bits per heavy atom. The van der Waals surface area contributed by atoms with Gasteiger partial charge in [-0.05, 0) is 44.2 Å². The minimum Gasteiger partial charge on any atom is -0.357 e. The predicted octanol–water partition coefficient (Wildman–Crippen LogP) is 3.76. The van der Waals surface area contributed by atoms with E-state index in [1.54, 1.807) is 0 Å². The topological polar surface area (TPSA) is 67.1 Å². The molecule has 0 saturated heterocycles. The third-order valence-corrected chi connectivity index (χ3v) is 4.38. The second-order valence-electron chi connectivity index (χ2n) is 7.12. The first-order valence-corrected chi connectivity index (χ1v) is 9.39. The summed E-state index contributed by atoms with van der Waals surface area (Å²) < 4.78 is 1.96. The van der Waals surface area contributed by atoms with E-state index in [1.807, 2.05) is 18.5 Å². The maximum Gasteiger partial charge on any atom is 0.192 e. The summed E-state index contributed by atoms with van der Waals surface area (Å²) in [6.45, 7) is 11.9. The number of nitrogens with zero attached hydrogens (tertiary/aromatic N) is 4. The highest BCUT2D eigenvalue weighted by Crippen LogP contribution is 2.15. The van der Waals surface area contributed by atoms with Crippen LogP contribution in [-0.2, 0) is 20.0 Å². The highest BCUT2D eigenvalue weighted by atomic mass is 127. The molecule has 0 spiro atoms. The molecule has 6 nitrogen and oxygen atoms in total. The highest BCUT2D eigenvalue weighted by molar-refractivity contribution is 14.0. The molecule has 27 heavy (non-hydrogen) atoms. The van der Waals surface area contributed by atoms with Crippen molar-refractivity contribution >= 4 is 29.9 Å². The van der Waals surface area contributed by atoms with Gasteiger partial charge in [-0.25, -0.2) is 4.99 Å². The van der Waals surface area contributed by atoms with Gasteiger partial charge in [-0.2, -0.15) is 0 Å². The number of benzene rings is 1. The maximum absolute atomic E-state index is 4.65. The average Bonchev–Trinajstić information content (AvgIpc) is 2.92. The molecular weight excluding hydrogens is 451 g/mol. The van der Waals surface area contributed by atoms with Crippen LogP contribution in [0.15, 0.2) is 29.3 Å². The number of aliphatic imine (C=N–C) groups is 1. The summed E-state index contributed by atoms with van der Waals surface area (Å²) in [5, 5.41) is 15.0. The van der Waals surface area contributed by atoms with E-state index in [0.29, 0.717) is 12.5 Å². The number of rotatable bonds is 7. The van der Waals surface area contributed by atoms with Gasteiger partial charge in [0.25, 0.3) is 0 Å². The van der Waals surface area contributed by atoms with Crippen molar-refractivity contribution in [2.75, 3.05) is 6.54 Å². The van der Waals surface area contributed by atoms with Crippen molar-refractivity contribution in [1.29, 1.82) is 0 Å². The van der Waals surface area contributed by atoms with Crippen molar-refractivity contribution in [2.24, 2.45) is 18.0 Å². The zero-order valence-electron chi connectivity index (χ0n) is 17.3. The molecule has 1 aromatic carbocycles. The standard InChI is InChI=1S/C20H32N6.HI/c1-7-21-20(22-13-19-25-24-16(5)26(19)6)23-15(4)18-10-8-17(9-11-18)12-14(2)3;/h8-11,14-15H,7,12-13H2,1-6H3,(H2,21,22,23);1H. The van der Waals surface area contributed by atoms with E-state index in [-0.39, 0.29) is 30.0 Å². The fourth-order valence-electron chi connectivity index (χ4n) is 2.76. The van der Waals surface area contributed by atoms with Crippen LogP contribution in [0.25, 0.3) is 0 Å². The van der Waals surface area contributed by atoms with Gasteiger partial charge in [0, 0.05) is 13.6 Å². The number of nitrogens with one attached hydrogen (secondary N) is 2. The van der Waals surface area contributed by atoms with Crippen molar-refractivity contribution in [3.8, 4) is 0 Å². The molecule has 1 atom stereocenters. The van der Waals surface area contributed by atoms with Gasteiger partial charge in [-0.1, -0.05) is 38.1 Å². The number of aromatic nitrogens is 3. The van der Waals surface area contributed by atoms with Gasteiger partial charge in [-0.3, -0.25) is 0 Å². The van der Waals surface area contributed by atoms with Crippen molar-refractivity contribution in [1.82, 2.24) is 25.4 Å². The van der Waals surface area contributed by atoms with Crippen LogP contribution in [0, 0.1) is 12.8 Å². The maximum atomic E-state index is 4.65. The molecule has 0 amide bonds. The van der Waals surface area contributed by atoms with Crippen LogP contribution in [0.5, 0.6) is 0 Å². The molecule has 0 aliphatic heterocycles. The van der Waals surface area contributed by atoms with Crippen molar-refractivity contribution in [3.05, 3.63) is 47.0 Å². The lowest BCUT2D eigenvalue weighted by Crippen LogP contribution is -2.38. The number of hydrogen-bond donors (Lipinski definition) is 2. The molecular formula is C20H33IN6. The van der Waals surface area contributed by atoms with Crippen LogP contribution in [0.3, 0.4) is 0 Å². The van der Waals surface area contributed by atoms with Crippen molar-refractivity contribution < 1.29 is 0 Å². The smallest absolute Gasteiger partial charge is 0.192 e. The largest absolute Gasteiger partial charge is 0.357 e. The summed E-state index contributed by atoms with van der Waals surface area (Å²) in [5.41, 5.74) is 2.63. The lowest BCUT2D eigenvalue weighted by atomic mass is 10.00. The summed E-state index contributed by atoms with van der Waals surface area (Å²) in [7, 11) is 1.96.